The summed E-state index contributed by atoms with van der Waals surface area (Å²) in [6.45, 7) is 7.21. The fraction of sp³-hybridized carbons (Fsp3) is 0.682. The van der Waals surface area contributed by atoms with Gasteiger partial charge in [-0.05, 0) is 49.8 Å². The summed E-state index contributed by atoms with van der Waals surface area (Å²) in [6.07, 6.45) is 6.79. The number of methoxy groups -OCH3 is 1. The summed E-state index contributed by atoms with van der Waals surface area (Å²) in [4.78, 5) is 7.32. The van der Waals surface area contributed by atoms with Crippen molar-refractivity contribution in [1.82, 2.24) is 15.5 Å². The van der Waals surface area contributed by atoms with Crippen LogP contribution in [0.5, 0.6) is 0 Å². The molecule has 0 aromatic heterocycles. The number of hydrogen-bond acceptors (Lipinski definition) is 3. The van der Waals surface area contributed by atoms with Gasteiger partial charge in [0.15, 0.2) is 5.96 Å². The first-order valence-electron chi connectivity index (χ1n) is 10.7. The predicted molar refractivity (Wildman–Crippen MR) is 112 cm³/mol. The normalized spacial score (nSPS) is 21.4. The van der Waals surface area contributed by atoms with Crippen molar-refractivity contribution in [3.8, 4) is 0 Å². The van der Waals surface area contributed by atoms with Crippen LogP contribution in [0.1, 0.15) is 50.2 Å². The van der Waals surface area contributed by atoms with Gasteiger partial charge >= 0.3 is 0 Å². The maximum atomic E-state index is 13.8. The van der Waals surface area contributed by atoms with Crippen LogP contribution in [-0.4, -0.2) is 50.2 Å². The van der Waals surface area contributed by atoms with E-state index in [2.05, 4.69) is 22.5 Å². The zero-order valence-corrected chi connectivity index (χ0v) is 17.3. The first-order chi connectivity index (χ1) is 13.7. The average Bonchev–Trinajstić information content (AvgIpc) is 3.35. The van der Waals surface area contributed by atoms with Crippen LogP contribution in [0.15, 0.2) is 23.2 Å². The van der Waals surface area contributed by atoms with E-state index in [-0.39, 0.29) is 12.4 Å². The Morgan fingerprint density at radius 1 is 1.29 bits per heavy atom. The number of nitrogens with one attached hydrogen (secondary N) is 2. The summed E-state index contributed by atoms with van der Waals surface area (Å²) in [5, 5.41) is 6.93. The lowest BCUT2D eigenvalue weighted by Gasteiger charge is -2.21. The van der Waals surface area contributed by atoms with E-state index in [1.807, 2.05) is 6.07 Å². The van der Waals surface area contributed by atoms with Gasteiger partial charge in [-0.25, -0.2) is 9.38 Å². The minimum absolute atomic E-state index is 0.229. The molecule has 0 amide bonds. The molecule has 6 heteroatoms. The quantitative estimate of drug-likeness (QED) is 0.528. The van der Waals surface area contributed by atoms with Crippen LogP contribution < -0.4 is 10.6 Å². The predicted octanol–water partition coefficient (Wildman–Crippen LogP) is 3.29. The van der Waals surface area contributed by atoms with Crippen molar-refractivity contribution in [2.24, 2.45) is 10.9 Å². The van der Waals surface area contributed by atoms with Gasteiger partial charge in [0, 0.05) is 44.9 Å². The molecule has 156 valence electrons. The lowest BCUT2D eigenvalue weighted by molar-refractivity contribution is 0.181. The largest absolute Gasteiger partial charge is 0.380 e. The van der Waals surface area contributed by atoms with E-state index in [4.69, 9.17) is 9.73 Å². The van der Waals surface area contributed by atoms with Crippen molar-refractivity contribution in [3.05, 3.63) is 35.1 Å². The Bertz CT molecular complexity index is 645. The first kappa shape index (κ1) is 21.1. The van der Waals surface area contributed by atoms with Crippen LogP contribution in [0.3, 0.4) is 0 Å². The molecule has 0 radical (unpaired) electrons. The first-order valence-corrected chi connectivity index (χ1v) is 10.7. The van der Waals surface area contributed by atoms with Crippen molar-refractivity contribution in [3.63, 3.8) is 0 Å². The van der Waals surface area contributed by atoms with E-state index in [9.17, 15) is 4.39 Å². The van der Waals surface area contributed by atoms with Gasteiger partial charge in [-0.1, -0.05) is 18.9 Å². The van der Waals surface area contributed by atoms with Crippen molar-refractivity contribution >= 4 is 5.96 Å². The summed E-state index contributed by atoms with van der Waals surface area (Å²) >= 11 is 0. The Morgan fingerprint density at radius 3 is 2.86 bits per heavy atom. The van der Waals surface area contributed by atoms with Crippen LogP contribution in [0, 0.1) is 11.7 Å². The smallest absolute Gasteiger partial charge is 0.191 e. The van der Waals surface area contributed by atoms with Gasteiger partial charge < -0.3 is 20.3 Å². The SMILES string of the molecule is CCNC(=NCc1ccc(F)c(COC)c1)NC1CCN(CC2CCCC2)C1. The highest BCUT2D eigenvalue weighted by Gasteiger charge is 2.26. The van der Waals surface area contributed by atoms with Gasteiger partial charge in [0.25, 0.3) is 0 Å². The van der Waals surface area contributed by atoms with Crippen LogP contribution in [0.25, 0.3) is 0 Å². The Balaban J connectivity index is 1.53. The molecule has 28 heavy (non-hydrogen) atoms. The van der Waals surface area contributed by atoms with Gasteiger partial charge in [0.1, 0.15) is 5.82 Å². The molecule has 0 spiro atoms. The van der Waals surface area contributed by atoms with Crippen LogP contribution >= 0.6 is 0 Å². The van der Waals surface area contributed by atoms with Crippen LogP contribution in [0.4, 0.5) is 4.39 Å². The molecule has 1 saturated heterocycles. The molecule has 2 fully saturated rings. The third kappa shape index (κ3) is 6.17. The Morgan fingerprint density at radius 2 is 2.11 bits per heavy atom. The van der Waals surface area contributed by atoms with Gasteiger partial charge in [-0.15, -0.1) is 0 Å². The van der Waals surface area contributed by atoms with E-state index >= 15 is 0 Å². The third-order valence-electron chi connectivity index (χ3n) is 5.78. The Kier molecular flexibility index (Phi) is 8.10. The van der Waals surface area contributed by atoms with E-state index in [1.54, 1.807) is 13.2 Å². The van der Waals surface area contributed by atoms with Crippen molar-refractivity contribution in [2.75, 3.05) is 33.3 Å². The van der Waals surface area contributed by atoms with Crippen LogP contribution in [0.2, 0.25) is 0 Å². The number of nitrogens with zero attached hydrogens (tertiary/aromatic N) is 2. The van der Waals surface area contributed by atoms with Crippen molar-refractivity contribution in [2.45, 2.75) is 58.2 Å². The summed E-state index contributed by atoms with van der Waals surface area (Å²) < 4.78 is 18.9. The molecule has 1 aliphatic carbocycles. The average molecular weight is 391 g/mol. The highest BCUT2D eigenvalue weighted by Crippen LogP contribution is 2.26. The Labute approximate surface area is 168 Å². The minimum Gasteiger partial charge on any atom is -0.380 e. The van der Waals surface area contributed by atoms with Crippen molar-refractivity contribution < 1.29 is 9.13 Å². The van der Waals surface area contributed by atoms with Gasteiger partial charge in [-0.2, -0.15) is 0 Å². The number of benzene rings is 1. The lowest BCUT2D eigenvalue weighted by atomic mass is 10.1. The molecule has 1 aromatic carbocycles. The van der Waals surface area contributed by atoms with E-state index in [0.717, 1.165) is 37.0 Å². The zero-order chi connectivity index (χ0) is 19.8. The molecular weight excluding hydrogens is 355 g/mol. The standard InChI is InChI=1S/C22H35FN4O/c1-3-24-22(25-13-18-8-9-21(23)19(12-18)16-28-2)26-20-10-11-27(15-20)14-17-6-4-5-7-17/h8-9,12,17,20H,3-7,10-11,13-16H2,1-2H3,(H2,24,25,26). The summed E-state index contributed by atoms with van der Waals surface area (Å²) in [7, 11) is 1.58. The van der Waals surface area contributed by atoms with Crippen molar-refractivity contribution in [1.29, 1.82) is 0 Å². The molecule has 2 N–H and O–H groups in total. The van der Waals surface area contributed by atoms with Crippen LogP contribution in [-0.2, 0) is 17.9 Å². The number of halogens is 1. The highest BCUT2D eigenvalue weighted by molar-refractivity contribution is 5.80. The molecule has 1 aliphatic heterocycles. The maximum absolute atomic E-state index is 13.8. The molecule has 1 unspecified atom stereocenters. The molecule has 3 rings (SSSR count). The molecule has 1 aromatic rings. The number of aliphatic imine (C=N–C) groups is 1. The fourth-order valence-corrected chi connectivity index (χ4v) is 4.35. The van der Waals surface area contributed by atoms with Gasteiger partial charge in [-0.3, -0.25) is 0 Å². The number of hydrogen-bond donors (Lipinski definition) is 2. The monoisotopic (exact) mass is 390 g/mol. The Hall–Kier alpha value is -1.66. The lowest BCUT2D eigenvalue weighted by Crippen LogP contribution is -2.44. The molecule has 2 aliphatic rings. The topological polar surface area (TPSA) is 48.9 Å². The number of rotatable bonds is 8. The third-order valence-corrected chi connectivity index (χ3v) is 5.78. The second-order valence-electron chi connectivity index (χ2n) is 8.09. The maximum Gasteiger partial charge on any atom is 0.191 e. The molecule has 1 heterocycles. The van der Waals surface area contributed by atoms with E-state index in [1.165, 1.54) is 44.8 Å². The molecule has 1 atom stereocenters. The molecule has 1 saturated carbocycles. The molecular formula is C22H35FN4O. The second-order valence-corrected chi connectivity index (χ2v) is 8.09. The highest BCUT2D eigenvalue weighted by atomic mass is 19.1. The number of guanidine groups is 1. The number of likely N-dealkylation sites (tertiary alicyclic amines) is 1. The zero-order valence-electron chi connectivity index (χ0n) is 17.3. The number of ether oxygens (including phenoxy) is 1. The fourth-order valence-electron chi connectivity index (χ4n) is 4.35. The molecule has 5 nitrogen and oxygen atoms in total. The van der Waals surface area contributed by atoms with Gasteiger partial charge in [0.05, 0.1) is 13.2 Å². The molecule has 0 bridgehead atoms. The minimum atomic E-state index is -0.229. The summed E-state index contributed by atoms with van der Waals surface area (Å²) in [5.74, 6) is 1.51. The van der Waals surface area contributed by atoms with E-state index in [0.29, 0.717) is 18.2 Å². The summed E-state index contributed by atoms with van der Waals surface area (Å²) in [5.41, 5.74) is 1.56. The van der Waals surface area contributed by atoms with Gasteiger partial charge in [0.2, 0.25) is 0 Å². The summed E-state index contributed by atoms with van der Waals surface area (Å²) in [6, 6.07) is 5.57. The van der Waals surface area contributed by atoms with E-state index < -0.39 is 0 Å². The second kappa shape index (κ2) is 10.8.